The smallest absolute Gasteiger partial charge is 0.252 e. The number of hydrogen-bond donors (Lipinski definition) is 2. The number of hydrogen-bond acceptors (Lipinski definition) is 3. The highest BCUT2D eigenvalue weighted by Crippen LogP contribution is 2.28. The van der Waals surface area contributed by atoms with Crippen LogP contribution in [0, 0.1) is 0 Å². The van der Waals surface area contributed by atoms with Crippen molar-refractivity contribution in [3.05, 3.63) is 71.8 Å². The van der Waals surface area contributed by atoms with Crippen LogP contribution in [0.25, 0.3) is 0 Å². The highest BCUT2D eigenvalue weighted by atomic mass is 16.5. The molecule has 3 atom stereocenters. The van der Waals surface area contributed by atoms with Crippen molar-refractivity contribution in [3.8, 4) is 0 Å². The fraction of sp³-hybridized carbons (Fsp3) is 0.350. The maximum Gasteiger partial charge on any atom is 0.252 e. The lowest BCUT2D eigenvalue weighted by molar-refractivity contribution is -0.140. The van der Waals surface area contributed by atoms with Crippen LogP contribution in [0.2, 0.25) is 0 Å². The Bertz CT molecular complexity index is 640. The lowest BCUT2D eigenvalue weighted by Crippen LogP contribution is -2.49. The second-order valence-corrected chi connectivity index (χ2v) is 6.12. The number of rotatable bonds is 7. The zero-order chi connectivity index (χ0) is 17.6. The van der Waals surface area contributed by atoms with Gasteiger partial charge < -0.3 is 15.2 Å². The maximum atomic E-state index is 12.5. The largest absolute Gasteiger partial charge is 0.380 e. The summed E-state index contributed by atoms with van der Waals surface area (Å²) in [6.45, 7) is 3.70. The van der Waals surface area contributed by atoms with Crippen LogP contribution in [0.1, 0.15) is 37.0 Å². The van der Waals surface area contributed by atoms with Crippen molar-refractivity contribution in [1.82, 2.24) is 5.32 Å². The summed E-state index contributed by atoms with van der Waals surface area (Å²) < 4.78 is 5.45. The van der Waals surface area contributed by atoms with E-state index in [1.54, 1.807) is 14.0 Å². The van der Waals surface area contributed by atoms with Crippen LogP contribution >= 0.6 is 0 Å². The molecule has 0 saturated heterocycles. The van der Waals surface area contributed by atoms with Gasteiger partial charge in [-0.3, -0.25) is 4.79 Å². The molecule has 4 heteroatoms. The van der Waals surface area contributed by atoms with E-state index < -0.39 is 11.5 Å². The molecule has 2 N–H and O–H groups in total. The highest BCUT2D eigenvalue weighted by Gasteiger charge is 2.37. The molecule has 0 bridgehead atoms. The fourth-order valence-corrected chi connectivity index (χ4v) is 2.63. The summed E-state index contributed by atoms with van der Waals surface area (Å²) in [4.78, 5) is 12.5. The average molecular weight is 327 g/mol. The molecular formula is C20H25NO3. The third-order valence-corrected chi connectivity index (χ3v) is 4.51. The molecular weight excluding hydrogens is 302 g/mol. The van der Waals surface area contributed by atoms with E-state index in [0.29, 0.717) is 6.54 Å². The zero-order valence-corrected chi connectivity index (χ0v) is 14.4. The summed E-state index contributed by atoms with van der Waals surface area (Å²) >= 11 is 0. The van der Waals surface area contributed by atoms with Gasteiger partial charge in [0.1, 0.15) is 5.60 Å². The molecule has 0 heterocycles. The van der Waals surface area contributed by atoms with Gasteiger partial charge in [0.25, 0.3) is 5.91 Å². The predicted octanol–water partition coefficient (Wildman–Crippen LogP) is 3.05. The number of ether oxygens (including phenoxy) is 1. The molecule has 1 amide bonds. The molecule has 4 nitrogen and oxygen atoms in total. The van der Waals surface area contributed by atoms with Crippen molar-refractivity contribution in [2.75, 3.05) is 13.7 Å². The summed E-state index contributed by atoms with van der Waals surface area (Å²) in [5.41, 5.74) is 0.399. The van der Waals surface area contributed by atoms with Crippen LogP contribution in [0.5, 0.6) is 0 Å². The Morgan fingerprint density at radius 2 is 1.58 bits per heavy atom. The normalized spacial score (nSPS) is 16.0. The molecule has 0 fully saturated rings. The van der Waals surface area contributed by atoms with Gasteiger partial charge in [0.15, 0.2) is 0 Å². The first-order valence-corrected chi connectivity index (χ1v) is 8.10. The first kappa shape index (κ1) is 18.2. The van der Waals surface area contributed by atoms with Crippen LogP contribution < -0.4 is 5.32 Å². The Hall–Kier alpha value is -2.17. The molecule has 0 aliphatic carbocycles. The van der Waals surface area contributed by atoms with Gasteiger partial charge >= 0.3 is 0 Å². The first-order chi connectivity index (χ1) is 11.5. The molecule has 0 aliphatic rings. The standard InChI is InChI=1S/C20H25NO3/c1-15(16-10-6-4-7-11-16)20(2,23)19(22)21-14-18(24-3)17-12-8-5-9-13-17/h4-13,15,18,23H,14H2,1-3H3,(H,21,22)/t15-,18+,20-/m0/s1. The van der Waals surface area contributed by atoms with Crippen molar-refractivity contribution in [1.29, 1.82) is 0 Å². The van der Waals surface area contributed by atoms with Gasteiger partial charge in [-0.05, 0) is 18.1 Å². The third kappa shape index (κ3) is 4.22. The molecule has 0 radical (unpaired) electrons. The second-order valence-electron chi connectivity index (χ2n) is 6.12. The van der Waals surface area contributed by atoms with Crippen LogP contribution in [0.15, 0.2) is 60.7 Å². The Balaban J connectivity index is 2.02. The number of carbonyl (C=O) groups excluding carboxylic acids is 1. The van der Waals surface area contributed by atoms with E-state index >= 15 is 0 Å². The van der Waals surface area contributed by atoms with Crippen molar-refractivity contribution in [3.63, 3.8) is 0 Å². The van der Waals surface area contributed by atoms with Gasteiger partial charge in [-0.25, -0.2) is 0 Å². The van der Waals surface area contributed by atoms with Gasteiger partial charge in [0.2, 0.25) is 0 Å². The molecule has 0 unspecified atom stereocenters. The van der Waals surface area contributed by atoms with E-state index in [1.807, 2.05) is 67.6 Å². The van der Waals surface area contributed by atoms with Crippen LogP contribution in [0.4, 0.5) is 0 Å². The number of methoxy groups -OCH3 is 1. The molecule has 0 saturated carbocycles. The van der Waals surface area contributed by atoms with Crippen LogP contribution in [-0.2, 0) is 9.53 Å². The lowest BCUT2D eigenvalue weighted by Gasteiger charge is -2.30. The zero-order valence-electron chi connectivity index (χ0n) is 14.4. The summed E-state index contributed by atoms with van der Waals surface area (Å²) in [6, 6.07) is 19.2. The lowest BCUT2D eigenvalue weighted by atomic mass is 9.84. The number of benzene rings is 2. The quantitative estimate of drug-likeness (QED) is 0.822. The first-order valence-electron chi connectivity index (χ1n) is 8.10. The minimum Gasteiger partial charge on any atom is -0.380 e. The molecule has 0 spiro atoms. The predicted molar refractivity (Wildman–Crippen MR) is 94.7 cm³/mol. The fourth-order valence-electron chi connectivity index (χ4n) is 2.63. The van der Waals surface area contributed by atoms with Crippen LogP contribution in [0.3, 0.4) is 0 Å². The Labute approximate surface area is 143 Å². The SMILES string of the molecule is CO[C@H](CNC(=O)[C@@](C)(O)[C@@H](C)c1ccccc1)c1ccccc1. The summed E-state index contributed by atoms with van der Waals surface area (Å²) in [5.74, 6) is -0.728. The number of aliphatic hydroxyl groups is 1. The van der Waals surface area contributed by atoms with Crippen molar-refractivity contribution >= 4 is 5.91 Å². The summed E-state index contributed by atoms with van der Waals surface area (Å²) in [7, 11) is 1.61. The van der Waals surface area contributed by atoms with E-state index in [9.17, 15) is 9.90 Å². The van der Waals surface area contributed by atoms with E-state index in [1.165, 1.54) is 0 Å². The molecule has 2 aromatic carbocycles. The molecule has 128 valence electrons. The Morgan fingerprint density at radius 3 is 2.08 bits per heavy atom. The number of amides is 1. The van der Waals surface area contributed by atoms with Gasteiger partial charge in [-0.2, -0.15) is 0 Å². The monoisotopic (exact) mass is 327 g/mol. The van der Waals surface area contributed by atoms with E-state index in [-0.39, 0.29) is 12.0 Å². The summed E-state index contributed by atoms with van der Waals surface area (Å²) in [6.07, 6.45) is -0.252. The van der Waals surface area contributed by atoms with Crippen molar-refractivity contribution < 1.29 is 14.6 Å². The van der Waals surface area contributed by atoms with E-state index in [4.69, 9.17) is 4.74 Å². The van der Waals surface area contributed by atoms with Crippen molar-refractivity contribution in [2.45, 2.75) is 31.5 Å². The summed E-state index contributed by atoms with van der Waals surface area (Å²) in [5, 5.41) is 13.5. The second kappa shape index (κ2) is 8.08. The average Bonchev–Trinajstić information content (AvgIpc) is 2.63. The van der Waals surface area contributed by atoms with Crippen LogP contribution in [-0.4, -0.2) is 30.3 Å². The van der Waals surface area contributed by atoms with Gasteiger partial charge in [0, 0.05) is 19.6 Å². The molecule has 0 aliphatic heterocycles. The van der Waals surface area contributed by atoms with Gasteiger partial charge in [-0.15, -0.1) is 0 Å². The third-order valence-electron chi connectivity index (χ3n) is 4.51. The maximum absolute atomic E-state index is 12.5. The van der Waals surface area contributed by atoms with Crippen molar-refractivity contribution in [2.24, 2.45) is 0 Å². The minimum atomic E-state index is -1.50. The molecule has 24 heavy (non-hydrogen) atoms. The highest BCUT2D eigenvalue weighted by molar-refractivity contribution is 5.85. The van der Waals surface area contributed by atoms with E-state index in [2.05, 4.69) is 5.32 Å². The molecule has 2 aromatic rings. The number of carbonyl (C=O) groups is 1. The Morgan fingerprint density at radius 1 is 1.08 bits per heavy atom. The van der Waals surface area contributed by atoms with E-state index in [0.717, 1.165) is 11.1 Å². The van der Waals surface area contributed by atoms with Gasteiger partial charge in [0.05, 0.1) is 6.10 Å². The van der Waals surface area contributed by atoms with Gasteiger partial charge in [-0.1, -0.05) is 67.6 Å². The molecule has 2 rings (SSSR count). The topological polar surface area (TPSA) is 58.6 Å². The number of nitrogens with one attached hydrogen (secondary N) is 1. The molecule has 0 aromatic heterocycles. The minimum absolute atomic E-state index is 0.252. The Kier molecular flexibility index (Phi) is 6.12.